The number of rotatable bonds is 1. The van der Waals surface area contributed by atoms with Crippen LogP contribution in [0.1, 0.15) is 28.4 Å². The van der Waals surface area contributed by atoms with Crippen LogP contribution in [0.25, 0.3) is 0 Å². The van der Waals surface area contributed by atoms with Crippen molar-refractivity contribution in [3.8, 4) is 0 Å². The molecule has 0 atom stereocenters. The van der Waals surface area contributed by atoms with Crippen LogP contribution in [0.4, 0.5) is 26.3 Å². The summed E-state index contributed by atoms with van der Waals surface area (Å²) in [5.41, 5.74) is -4.48. The van der Waals surface area contributed by atoms with Gasteiger partial charge in [-0.25, -0.2) is 0 Å². The summed E-state index contributed by atoms with van der Waals surface area (Å²) in [4.78, 5) is 11.0. The summed E-state index contributed by atoms with van der Waals surface area (Å²) < 4.78 is 74.7. The highest BCUT2D eigenvalue weighted by Gasteiger charge is 2.41. The van der Waals surface area contributed by atoms with Gasteiger partial charge in [-0.05, 0) is 19.1 Å². The third kappa shape index (κ3) is 2.78. The number of carbonyl (C=O) groups is 1. The van der Waals surface area contributed by atoms with Crippen molar-refractivity contribution in [2.75, 3.05) is 0 Å². The zero-order chi connectivity index (χ0) is 13.4. The molecule has 0 radical (unpaired) electrons. The van der Waals surface area contributed by atoms with Crippen LogP contribution in [0, 0.1) is 0 Å². The molecule has 17 heavy (non-hydrogen) atoms. The maximum absolute atomic E-state index is 12.5. The van der Waals surface area contributed by atoms with Gasteiger partial charge in [-0.1, -0.05) is 6.07 Å². The van der Waals surface area contributed by atoms with Crippen LogP contribution in [0.2, 0.25) is 0 Å². The fourth-order valence-electron chi connectivity index (χ4n) is 1.40. The predicted octanol–water partition coefficient (Wildman–Crippen LogP) is 3.93. The molecule has 0 spiro atoms. The second-order valence-corrected chi connectivity index (χ2v) is 3.28. The normalized spacial score (nSPS) is 12.6. The van der Waals surface area contributed by atoms with E-state index < -0.39 is 34.8 Å². The Bertz CT molecular complexity index is 411. The minimum atomic E-state index is -5.00. The van der Waals surface area contributed by atoms with Gasteiger partial charge in [0, 0.05) is 5.56 Å². The van der Waals surface area contributed by atoms with Crippen LogP contribution in [0.5, 0.6) is 0 Å². The van der Waals surface area contributed by atoms with Gasteiger partial charge in [0.1, 0.15) is 0 Å². The average molecular weight is 256 g/mol. The molecule has 1 aromatic carbocycles. The molecule has 1 rings (SSSR count). The van der Waals surface area contributed by atoms with Crippen LogP contribution >= 0.6 is 0 Å². The zero-order valence-electron chi connectivity index (χ0n) is 8.41. The molecule has 0 saturated heterocycles. The van der Waals surface area contributed by atoms with Crippen molar-refractivity contribution < 1.29 is 31.1 Å². The summed E-state index contributed by atoms with van der Waals surface area (Å²) >= 11 is 0. The lowest BCUT2D eigenvalue weighted by Crippen LogP contribution is -2.18. The summed E-state index contributed by atoms with van der Waals surface area (Å²) in [6.45, 7) is 0.666. The van der Waals surface area contributed by atoms with E-state index in [2.05, 4.69) is 0 Å². The van der Waals surface area contributed by atoms with Crippen molar-refractivity contribution in [1.29, 1.82) is 0 Å². The summed E-state index contributed by atoms with van der Waals surface area (Å²) in [7, 11) is 0. The van der Waals surface area contributed by atoms with E-state index in [1.165, 1.54) is 0 Å². The largest absolute Gasteiger partial charge is 0.417 e. The lowest BCUT2D eigenvalue weighted by Gasteiger charge is -2.16. The van der Waals surface area contributed by atoms with E-state index in [9.17, 15) is 31.1 Å². The van der Waals surface area contributed by atoms with Gasteiger partial charge in [-0.15, -0.1) is 0 Å². The Kier molecular flexibility index (Phi) is 3.22. The fourth-order valence-corrected chi connectivity index (χ4v) is 1.40. The number of halogens is 6. The van der Waals surface area contributed by atoms with Gasteiger partial charge in [0.25, 0.3) is 0 Å². The number of benzene rings is 1. The summed E-state index contributed by atoms with van der Waals surface area (Å²) in [5.74, 6) is -1.27. The van der Waals surface area contributed by atoms with Gasteiger partial charge >= 0.3 is 12.4 Å². The minimum Gasteiger partial charge on any atom is -0.294 e. The van der Waals surface area contributed by atoms with Gasteiger partial charge in [-0.3, -0.25) is 4.79 Å². The van der Waals surface area contributed by atoms with E-state index in [0.29, 0.717) is 25.1 Å². The quantitative estimate of drug-likeness (QED) is 0.549. The van der Waals surface area contributed by atoms with E-state index in [1.54, 1.807) is 0 Å². The second kappa shape index (κ2) is 4.05. The van der Waals surface area contributed by atoms with Crippen molar-refractivity contribution in [3.05, 3.63) is 34.9 Å². The molecule has 0 aliphatic rings. The first-order valence-electron chi connectivity index (χ1n) is 4.33. The Morgan fingerprint density at radius 3 is 1.53 bits per heavy atom. The molecule has 94 valence electrons. The molecular formula is C10H6F6O. The molecule has 0 heterocycles. The van der Waals surface area contributed by atoms with Crippen LogP contribution in [0.3, 0.4) is 0 Å². The molecule has 1 aromatic rings. The number of hydrogen-bond acceptors (Lipinski definition) is 1. The van der Waals surface area contributed by atoms with Crippen molar-refractivity contribution >= 4 is 5.78 Å². The Morgan fingerprint density at radius 2 is 1.29 bits per heavy atom. The van der Waals surface area contributed by atoms with Gasteiger partial charge in [0.15, 0.2) is 5.78 Å². The first kappa shape index (κ1) is 13.5. The monoisotopic (exact) mass is 256 g/mol. The topological polar surface area (TPSA) is 17.1 Å². The number of hydrogen-bond donors (Lipinski definition) is 0. The maximum Gasteiger partial charge on any atom is 0.417 e. The Hall–Kier alpha value is -1.53. The number of carbonyl (C=O) groups excluding carboxylic acids is 1. The second-order valence-electron chi connectivity index (χ2n) is 3.28. The van der Waals surface area contributed by atoms with E-state index in [1.807, 2.05) is 0 Å². The molecule has 0 saturated carbocycles. The predicted molar refractivity (Wildman–Crippen MR) is 46.5 cm³/mol. The average Bonchev–Trinajstić information content (AvgIpc) is 2.13. The Balaban J connectivity index is 3.61. The van der Waals surface area contributed by atoms with E-state index in [0.717, 1.165) is 0 Å². The van der Waals surface area contributed by atoms with Crippen LogP contribution < -0.4 is 0 Å². The number of alkyl halides is 6. The third-order valence-corrected chi connectivity index (χ3v) is 2.03. The highest BCUT2D eigenvalue weighted by molar-refractivity contribution is 5.97. The lowest BCUT2D eigenvalue weighted by molar-refractivity contribution is -0.143. The molecule has 0 N–H and O–H groups in total. The molecule has 7 heteroatoms. The van der Waals surface area contributed by atoms with Crippen molar-refractivity contribution in [2.24, 2.45) is 0 Å². The highest BCUT2D eigenvalue weighted by Crippen LogP contribution is 2.39. The third-order valence-electron chi connectivity index (χ3n) is 2.03. The SMILES string of the molecule is CC(=O)c1c(C(F)(F)F)cccc1C(F)(F)F. The molecule has 1 nitrogen and oxygen atoms in total. The van der Waals surface area contributed by atoms with Crippen molar-refractivity contribution in [1.82, 2.24) is 0 Å². The molecule has 0 aliphatic heterocycles. The number of ketones is 1. The Labute approximate surface area is 92.0 Å². The Morgan fingerprint density at radius 1 is 0.941 bits per heavy atom. The molecule has 0 aromatic heterocycles. The van der Waals surface area contributed by atoms with E-state index >= 15 is 0 Å². The summed E-state index contributed by atoms with van der Waals surface area (Å²) in [5, 5.41) is 0. The van der Waals surface area contributed by atoms with Crippen LogP contribution in [-0.2, 0) is 12.4 Å². The molecule has 0 aliphatic carbocycles. The smallest absolute Gasteiger partial charge is 0.294 e. The van der Waals surface area contributed by atoms with Gasteiger partial charge in [-0.2, -0.15) is 26.3 Å². The number of Topliss-reactive ketones (excluding diaryl/α,β-unsaturated/α-hetero) is 1. The fraction of sp³-hybridized carbons (Fsp3) is 0.300. The molecular weight excluding hydrogens is 250 g/mol. The summed E-state index contributed by atoms with van der Waals surface area (Å²) in [6, 6.07) is 1.52. The zero-order valence-corrected chi connectivity index (χ0v) is 8.41. The van der Waals surface area contributed by atoms with Crippen molar-refractivity contribution in [3.63, 3.8) is 0 Å². The lowest BCUT2D eigenvalue weighted by atomic mass is 9.97. The minimum absolute atomic E-state index is 0.450. The maximum atomic E-state index is 12.5. The molecule has 0 unspecified atom stereocenters. The van der Waals surface area contributed by atoms with Crippen molar-refractivity contribution in [2.45, 2.75) is 19.3 Å². The van der Waals surface area contributed by atoms with E-state index in [4.69, 9.17) is 0 Å². The first-order valence-corrected chi connectivity index (χ1v) is 4.33. The van der Waals surface area contributed by atoms with Crippen LogP contribution in [0.15, 0.2) is 18.2 Å². The first-order chi connectivity index (χ1) is 7.55. The molecule has 0 fully saturated rings. The molecule has 0 amide bonds. The van der Waals surface area contributed by atoms with Gasteiger partial charge in [0.2, 0.25) is 0 Å². The summed E-state index contributed by atoms with van der Waals surface area (Å²) in [6.07, 6.45) is -10.00. The molecule has 0 bridgehead atoms. The van der Waals surface area contributed by atoms with Gasteiger partial charge in [0.05, 0.1) is 11.1 Å². The standard InChI is InChI=1S/C10H6F6O/c1-5(17)8-6(9(11,12)13)3-2-4-7(8)10(14,15)16/h2-4H,1H3. The highest BCUT2D eigenvalue weighted by atomic mass is 19.4. The van der Waals surface area contributed by atoms with Gasteiger partial charge < -0.3 is 0 Å². The van der Waals surface area contributed by atoms with E-state index in [-0.39, 0.29) is 0 Å². The van der Waals surface area contributed by atoms with Crippen LogP contribution in [-0.4, -0.2) is 5.78 Å².